The van der Waals surface area contributed by atoms with Crippen LogP contribution in [0, 0.1) is 0 Å². The van der Waals surface area contributed by atoms with Crippen LogP contribution in [0.3, 0.4) is 0 Å². The summed E-state index contributed by atoms with van der Waals surface area (Å²) in [6.07, 6.45) is 3.21. The summed E-state index contributed by atoms with van der Waals surface area (Å²) in [6, 6.07) is 0.360. The lowest BCUT2D eigenvalue weighted by Crippen LogP contribution is -2.36. The third-order valence-corrected chi connectivity index (χ3v) is 11.1. The standard InChI is InChI=1S/C42H78N4O18S.ClH/c47-38(4-2-1-3-37-41-36(35-65-37)44-42(52)45-41)43-7-13-55-19-25-61-31-34-64-28-22-58-16-10-46(8-14-56-20-26-62-32-29-59-23-17-53-11-5-39(48)49)9-15-57-21-27-63-33-30-60-24-18-54-12-6-40(50)51;/h36-37,41H,1-35H2,(H,43,47)(H,48,49)(H,50,51)(H2,44,45,52);1H/t36-,37-,41-;/m0./s1. The van der Waals surface area contributed by atoms with Gasteiger partial charge in [0.15, 0.2) is 0 Å². The summed E-state index contributed by atoms with van der Waals surface area (Å²) in [7, 11) is 0. The number of hydrogen-bond acceptors (Lipinski definition) is 18. The number of aliphatic carboxylic acids is 2. The van der Waals surface area contributed by atoms with E-state index in [9.17, 15) is 19.2 Å². The Morgan fingerprint density at radius 3 is 1.27 bits per heavy atom. The molecule has 66 heavy (non-hydrogen) atoms. The Morgan fingerprint density at radius 1 is 0.515 bits per heavy atom. The Morgan fingerprint density at radius 2 is 0.879 bits per heavy atom. The van der Waals surface area contributed by atoms with Crippen LogP contribution in [-0.4, -0.2) is 247 Å². The Balaban J connectivity index is 0.0000218. The molecule has 3 atom stereocenters. The number of carboxylic acid groups (broad SMARTS) is 2. The summed E-state index contributed by atoms with van der Waals surface area (Å²) in [4.78, 5) is 46.8. The number of nitrogens with one attached hydrogen (secondary N) is 3. The number of carbonyl (C=O) groups is 4. The number of urea groups is 1. The fourth-order valence-corrected chi connectivity index (χ4v) is 7.69. The summed E-state index contributed by atoms with van der Waals surface area (Å²) >= 11 is 1.89. The van der Waals surface area contributed by atoms with Crippen molar-refractivity contribution in [2.45, 2.75) is 55.9 Å². The minimum Gasteiger partial charge on any atom is -0.481 e. The summed E-state index contributed by atoms with van der Waals surface area (Å²) < 4.78 is 66.3. The molecular formula is C42H79ClN4O18S. The van der Waals surface area contributed by atoms with Crippen molar-refractivity contribution >= 4 is 48.0 Å². The number of amides is 3. The Labute approximate surface area is 400 Å². The molecule has 3 amide bonds. The Kier molecular flexibility index (Phi) is 42.4. The number of fused-ring (bicyclic) bond motifs is 1. The van der Waals surface area contributed by atoms with E-state index >= 15 is 0 Å². The fourth-order valence-electron chi connectivity index (χ4n) is 6.15. The molecule has 5 N–H and O–H groups in total. The minimum atomic E-state index is -0.892. The Bertz CT molecular complexity index is 1150. The van der Waals surface area contributed by atoms with E-state index in [-0.39, 0.29) is 62.5 Å². The van der Waals surface area contributed by atoms with Crippen LogP contribution < -0.4 is 16.0 Å². The van der Waals surface area contributed by atoms with Crippen LogP contribution in [0.2, 0.25) is 0 Å². The van der Waals surface area contributed by atoms with E-state index in [1.807, 2.05) is 11.8 Å². The first-order chi connectivity index (χ1) is 31.8. The van der Waals surface area contributed by atoms with Crippen molar-refractivity contribution in [3.8, 4) is 0 Å². The van der Waals surface area contributed by atoms with Crippen LogP contribution >= 0.6 is 24.2 Å². The number of carboxylic acids is 2. The molecular weight excluding hydrogens is 916 g/mol. The molecule has 0 aromatic carbocycles. The lowest BCUT2D eigenvalue weighted by Gasteiger charge is -2.22. The maximum atomic E-state index is 12.1. The number of nitrogens with zero attached hydrogens (tertiary/aromatic N) is 1. The number of hydrogen-bond donors (Lipinski definition) is 5. The zero-order chi connectivity index (χ0) is 46.7. The van der Waals surface area contributed by atoms with Gasteiger partial charge >= 0.3 is 18.0 Å². The summed E-state index contributed by atoms with van der Waals surface area (Å²) in [6.45, 7) is 12.3. The van der Waals surface area contributed by atoms with Crippen molar-refractivity contribution in [2.75, 3.05) is 190 Å². The SMILES string of the molecule is Cl.O=C(O)CCOCCOCCOCCOCCN(CCOCCOCCOCCOCCNC(=O)CCCC[C@@H]1SC[C@@H]2NC(=O)N[C@@H]21)CCOCCOCCOCCOCCC(=O)O. The van der Waals surface area contributed by atoms with Gasteiger partial charge in [0, 0.05) is 43.6 Å². The smallest absolute Gasteiger partial charge is 0.315 e. The van der Waals surface area contributed by atoms with Gasteiger partial charge in [-0.25, -0.2) is 4.79 Å². The molecule has 2 saturated heterocycles. The number of thioether (sulfide) groups is 1. The maximum absolute atomic E-state index is 12.1. The predicted octanol–water partition coefficient (Wildman–Crippen LogP) is 0.701. The molecule has 0 bridgehead atoms. The predicted molar refractivity (Wildman–Crippen MR) is 245 cm³/mol. The fraction of sp³-hybridized carbons (Fsp3) is 0.905. The highest BCUT2D eigenvalue weighted by molar-refractivity contribution is 8.00. The molecule has 0 unspecified atom stereocenters. The van der Waals surface area contributed by atoms with Gasteiger partial charge in [0.1, 0.15) is 0 Å². The molecule has 0 saturated carbocycles. The molecule has 0 spiro atoms. The lowest BCUT2D eigenvalue weighted by atomic mass is 10.0. The van der Waals surface area contributed by atoms with Gasteiger partial charge in [-0.3, -0.25) is 19.3 Å². The number of unbranched alkanes of at least 4 members (excludes halogenated alkanes) is 1. The third kappa shape index (κ3) is 37.7. The highest BCUT2D eigenvalue weighted by Gasteiger charge is 2.42. The van der Waals surface area contributed by atoms with Gasteiger partial charge in [0.2, 0.25) is 5.91 Å². The first kappa shape index (κ1) is 61.8. The van der Waals surface area contributed by atoms with Gasteiger partial charge in [-0.1, -0.05) is 6.42 Å². The molecule has 0 radical (unpaired) electrons. The summed E-state index contributed by atoms with van der Waals surface area (Å²) in [5.41, 5.74) is 0. The first-order valence-electron chi connectivity index (χ1n) is 22.9. The molecule has 0 aliphatic carbocycles. The number of rotatable bonds is 50. The van der Waals surface area contributed by atoms with Crippen LogP contribution in [0.4, 0.5) is 4.79 Å². The molecule has 2 aliphatic heterocycles. The van der Waals surface area contributed by atoms with Gasteiger partial charge in [-0.05, 0) is 12.8 Å². The Hall–Kier alpha value is -2.20. The zero-order valence-electron chi connectivity index (χ0n) is 38.7. The van der Waals surface area contributed by atoms with E-state index in [0.29, 0.717) is 183 Å². The summed E-state index contributed by atoms with van der Waals surface area (Å²) in [5.74, 6) is -0.814. The largest absolute Gasteiger partial charge is 0.481 e. The highest BCUT2D eigenvalue weighted by atomic mass is 35.5. The first-order valence-corrected chi connectivity index (χ1v) is 23.9. The van der Waals surface area contributed by atoms with Crippen LogP contribution in [0.1, 0.15) is 38.5 Å². The van der Waals surface area contributed by atoms with Crippen molar-refractivity contribution < 1.29 is 86.2 Å². The number of carbonyl (C=O) groups excluding carboxylic acids is 2. The van der Waals surface area contributed by atoms with Gasteiger partial charge < -0.3 is 83.0 Å². The second-order valence-corrected chi connectivity index (χ2v) is 16.0. The molecule has 2 aliphatic rings. The molecule has 22 nitrogen and oxygen atoms in total. The maximum Gasteiger partial charge on any atom is 0.315 e. The summed E-state index contributed by atoms with van der Waals surface area (Å²) in [5, 5.41) is 26.5. The third-order valence-electron chi connectivity index (χ3n) is 9.57. The van der Waals surface area contributed by atoms with E-state index in [1.54, 1.807) is 0 Å². The number of halogens is 1. The zero-order valence-corrected chi connectivity index (χ0v) is 40.3. The monoisotopic (exact) mass is 994 g/mol. The molecule has 0 aromatic heterocycles. The molecule has 0 aromatic rings. The number of ether oxygens (including phenoxy) is 12. The van der Waals surface area contributed by atoms with Crippen LogP contribution in [0.5, 0.6) is 0 Å². The van der Waals surface area contributed by atoms with E-state index in [1.165, 1.54) is 0 Å². The average Bonchev–Trinajstić information content (AvgIpc) is 3.84. The molecule has 2 heterocycles. The van der Waals surface area contributed by atoms with E-state index in [4.69, 9.17) is 67.1 Å². The van der Waals surface area contributed by atoms with Crippen LogP contribution in [-0.2, 0) is 71.2 Å². The highest BCUT2D eigenvalue weighted by Crippen LogP contribution is 2.33. The van der Waals surface area contributed by atoms with Crippen LogP contribution in [0.15, 0.2) is 0 Å². The molecule has 24 heteroatoms. The van der Waals surface area contributed by atoms with Crippen LogP contribution in [0.25, 0.3) is 0 Å². The second-order valence-electron chi connectivity index (χ2n) is 14.7. The van der Waals surface area contributed by atoms with E-state index in [0.717, 1.165) is 25.0 Å². The van der Waals surface area contributed by atoms with Crippen molar-refractivity contribution in [3.05, 3.63) is 0 Å². The van der Waals surface area contributed by atoms with Gasteiger partial charge in [0.05, 0.1) is 183 Å². The van der Waals surface area contributed by atoms with E-state index < -0.39 is 11.9 Å². The molecule has 2 rings (SSSR count). The van der Waals surface area contributed by atoms with E-state index in [2.05, 4.69) is 20.9 Å². The van der Waals surface area contributed by atoms with Gasteiger partial charge in [0.25, 0.3) is 0 Å². The molecule has 388 valence electrons. The second kappa shape index (κ2) is 45.3. The lowest BCUT2D eigenvalue weighted by molar-refractivity contribution is -0.139. The minimum absolute atomic E-state index is 0. The average molecular weight is 996 g/mol. The van der Waals surface area contributed by atoms with Crippen molar-refractivity contribution in [3.63, 3.8) is 0 Å². The van der Waals surface area contributed by atoms with Crippen molar-refractivity contribution in [2.24, 2.45) is 0 Å². The normalized spacial score (nSPS) is 16.6. The van der Waals surface area contributed by atoms with Crippen molar-refractivity contribution in [1.29, 1.82) is 0 Å². The quantitative estimate of drug-likeness (QED) is 0.0415. The van der Waals surface area contributed by atoms with Gasteiger partial charge in [-0.2, -0.15) is 11.8 Å². The van der Waals surface area contributed by atoms with Gasteiger partial charge in [-0.15, -0.1) is 12.4 Å². The van der Waals surface area contributed by atoms with Crippen molar-refractivity contribution in [1.82, 2.24) is 20.9 Å². The topological polar surface area (TPSA) is 259 Å². The molecule has 2 fully saturated rings.